The molecule has 1 aliphatic heterocycles. The number of anilines is 1. The van der Waals surface area contributed by atoms with Crippen molar-refractivity contribution in [2.24, 2.45) is 0 Å². The van der Waals surface area contributed by atoms with Crippen molar-refractivity contribution in [1.82, 2.24) is 19.9 Å². The highest BCUT2D eigenvalue weighted by Gasteiger charge is 2.26. The quantitative estimate of drug-likeness (QED) is 0.818. The Bertz CT molecular complexity index is 848. The van der Waals surface area contributed by atoms with E-state index in [1.165, 1.54) is 0 Å². The summed E-state index contributed by atoms with van der Waals surface area (Å²) >= 11 is 0. The highest BCUT2D eigenvalue weighted by molar-refractivity contribution is 5.94. The summed E-state index contributed by atoms with van der Waals surface area (Å²) in [5.41, 5.74) is 1.17. The Morgan fingerprint density at radius 3 is 2.68 bits per heavy atom. The third-order valence-electron chi connectivity index (χ3n) is 4.95. The molecule has 28 heavy (non-hydrogen) atoms. The number of piperazine rings is 1. The lowest BCUT2D eigenvalue weighted by Crippen LogP contribution is -2.52. The molecule has 1 unspecified atom stereocenters. The zero-order chi connectivity index (χ0) is 20.1. The summed E-state index contributed by atoms with van der Waals surface area (Å²) in [5.74, 6) is 1.56. The van der Waals surface area contributed by atoms with E-state index in [0.29, 0.717) is 23.7 Å². The van der Waals surface area contributed by atoms with Gasteiger partial charge in [0.15, 0.2) is 5.82 Å². The zero-order valence-electron chi connectivity index (χ0n) is 16.6. The summed E-state index contributed by atoms with van der Waals surface area (Å²) in [4.78, 5) is 21.4. The van der Waals surface area contributed by atoms with Crippen molar-refractivity contribution in [2.45, 2.75) is 39.3 Å². The van der Waals surface area contributed by atoms with Crippen LogP contribution in [0.15, 0.2) is 28.8 Å². The Labute approximate surface area is 165 Å². The molecular weight excluding hydrogens is 356 g/mol. The van der Waals surface area contributed by atoms with Crippen LogP contribution < -0.4 is 5.32 Å². The molecule has 1 amide bonds. The van der Waals surface area contributed by atoms with Crippen LogP contribution in [0, 0.1) is 11.3 Å². The number of nitrogens with zero attached hydrogens (tertiary/aromatic N) is 5. The van der Waals surface area contributed by atoms with Crippen LogP contribution in [0.2, 0.25) is 0 Å². The first-order valence-electron chi connectivity index (χ1n) is 9.56. The van der Waals surface area contributed by atoms with E-state index < -0.39 is 0 Å². The Hall–Kier alpha value is -2.76. The van der Waals surface area contributed by atoms with Gasteiger partial charge in [-0.15, -0.1) is 0 Å². The van der Waals surface area contributed by atoms with E-state index in [-0.39, 0.29) is 17.9 Å². The van der Waals surface area contributed by atoms with Crippen LogP contribution >= 0.6 is 0 Å². The summed E-state index contributed by atoms with van der Waals surface area (Å²) in [7, 11) is 0. The van der Waals surface area contributed by atoms with Gasteiger partial charge < -0.3 is 9.84 Å². The molecule has 1 fully saturated rings. The van der Waals surface area contributed by atoms with Gasteiger partial charge >= 0.3 is 0 Å². The summed E-state index contributed by atoms with van der Waals surface area (Å²) < 4.78 is 5.32. The number of hydrogen-bond donors (Lipinski definition) is 1. The minimum atomic E-state index is -0.246. The van der Waals surface area contributed by atoms with Crippen LogP contribution in [-0.4, -0.2) is 58.1 Å². The van der Waals surface area contributed by atoms with Crippen LogP contribution in [0.1, 0.15) is 44.0 Å². The summed E-state index contributed by atoms with van der Waals surface area (Å²) in [6.07, 6.45) is 0. The smallest absolute Gasteiger partial charge is 0.241 e. The fraction of sp³-hybridized carbons (Fsp3) is 0.500. The van der Waals surface area contributed by atoms with Gasteiger partial charge in [0.25, 0.3) is 0 Å². The number of benzene rings is 1. The van der Waals surface area contributed by atoms with Crippen molar-refractivity contribution in [1.29, 1.82) is 5.26 Å². The van der Waals surface area contributed by atoms with Crippen molar-refractivity contribution in [3.63, 3.8) is 0 Å². The molecule has 1 aromatic carbocycles. The van der Waals surface area contributed by atoms with Crippen LogP contribution in [0.5, 0.6) is 0 Å². The Kier molecular flexibility index (Phi) is 6.39. The maximum absolute atomic E-state index is 12.6. The van der Waals surface area contributed by atoms with Crippen molar-refractivity contribution < 1.29 is 9.32 Å². The monoisotopic (exact) mass is 382 g/mol. The lowest BCUT2D eigenvalue weighted by molar-refractivity contribution is -0.121. The fourth-order valence-corrected chi connectivity index (χ4v) is 3.15. The van der Waals surface area contributed by atoms with Gasteiger partial charge in [-0.2, -0.15) is 10.2 Å². The van der Waals surface area contributed by atoms with Crippen molar-refractivity contribution in [3.8, 4) is 6.07 Å². The Balaban J connectivity index is 1.49. The fourth-order valence-electron chi connectivity index (χ4n) is 3.15. The average molecular weight is 382 g/mol. The van der Waals surface area contributed by atoms with Gasteiger partial charge in [0.1, 0.15) is 0 Å². The lowest BCUT2D eigenvalue weighted by atomic mass is 10.2. The summed E-state index contributed by atoms with van der Waals surface area (Å²) in [6.45, 7) is 9.87. The molecule has 0 spiro atoms. The molecule has 3 rings (SSSR count). The molecule has 148 valence electrons. The molecule has 2 aromatic rings. The van der Waals surface area contributed by atoms with E-state index in [1.807, 2.05) is 20.8 Å². The van der Waals surface area contributed by atoms with Crippen LogP contribution in [0.3, 0.4) is 0 Å². The number of amides is 1. The maximum atomic E-state index is 12.6. The van der Waals surface area contributed by atoms with Gasteiger partial charge in [0.2, 0.25) is 11.8 Å². The largest absolute Gasteiger partial charge is 0.338 e. The molecular formula is C20H26N6O2. The number of hydrogen-bond acceptors (Lipinski definition) is 7. The van der Waals surface area contributed by atoms with E-state index in [9.17, 15) is 4.79 Å². The molecule has 1 aliphatic rings. The standard InChI is InChI=1S/C20H26N6O2/c1-14(2)19-23-18(28-24-19)13-25-7-9-26(10-8-25)15(3)20(27)22-17-6-4-5-16(11-17)12-21/h4-6,11,14-15H,7-10,13H2,1-3H3,(H,22,27). The van der Waals surface area contributed by atoms with Gasteiger partial charge in [0, 0.05) is 37.8 Å². The maximum Gasteiger partial charge on any atom is 0.241 e. The molecule has 0 radical (unpaired) electrons. The Morgan fingerprint density at radius 1 is 1.29 bits per heavy atom. The van der Waals surface area contributed by atoms with E-state index in [0.717, 1.165) is 32.0 Å². The average Bonchev–Trinajstić information content (AvgIpc) is 3.17. The minimum absolute atomic E-state index is 0.0676. The number of nitriles is 1. The number of rotatable bonds is 6. The number of carbonyl (C=O) groups excluding carboxylic acids is 1. The van der Waals surface area contributed by atoms with Gasteiger partial charge in [-0.3, -0.25) is 14.6 Å². The van der Waals surface area contributed by atoms with Crippen LogP contribution in [0.4, 0.5) is 5.69 Å². The second kappa shape index (κ2) is 8.95. The highest BCUT2D eigenvalue weighted by Crippen LogP contribution is 2.15. The molecule has 8 nitrogen and oxygen atoms in total. The molecule has 1 aromatic heterocycles. The van der Waals surface area contributed by atoms with Crippen LogP contribution in [-0.2, 0) is 11.3 Å². The second-order valence-electron chi connectivity index (χ2n) is 7.37. The zero-order valence-corrected chi connectivity index (χ0v) is 16.6. The summed E-state index contributed by atoms with van der Waals surface area (Å²) in [5, 5.41) is 15.9. The molecule has 2 heterocycles. The van der Waals surface area contributed by atoms with Gasteiger partial charge in [-0.05, 0) is 25.1 Å². The number of aromatic nitrogens is 2. The van der Waals surface area contributed by atoms with Gasteiger partial charge in [0.05, 0.1) is 24.2 Å². The number of carbonyl (C=O) groups is 1. The van der Waals surface area contributed by atoms with Crippen molar-refractivity contribution >= 4 is 11.6 Å². The third kappa shape index (κ3) is 4.94. The number of nitrogens with one attached hydrogen (secondary N) is 1. The van der Waals surface area contributed by atoms with Crippen molar-refractivity contribution in [3.05, 3.63) is 41.5 Å². The van der Waals surface area contributed by atoms with Gasteiger partial charge in [-0.25, -0.2) is 0 Å². The first kappa shape index (κ1) is 20.0. The SMILES string of the molecule is CC(C)c1noc(CN2CCN(C(C)C(=O)Nc3cccc(C#N)c3)CC2)n1. The molecule has 0 aliphatic carbocycles. The van der Waals surface area contributed by atoms with Gasteiger partial charge in [-0.1, -0.05) is 25.1 Å². The normalized spacial score (nSPS) is 16.7. The molecule has 1 saturated heterocycles. The predicted octanol–water partition coefficient (Wildman–Crippen LogP) is 2.21. The molecule has 8 heteroatoms. The highest BCUT2D eigenvalue weighted by atomic mass is 16.5. The third-order valence-corrected chi connectivity index (χ3v) is 4.95. The van der Waals surface area contributed by atoms with E-state index in [1.54, 1.807) is 24.3 Å². The lowest BCUT2D eigenvalue weighted by Gasteiger charge is -2.36. The predicted molar refractivity (Wildman–Crippen MR) is 104 cm³/mol. The summed E-state index contributed by atoms with van der Waals surface area (Å²) in [6, 6.07) is 8.78. The van der Waals surface area contributed by atoms with E-state index >= 15 is 0 Å². The molecule has 0 bridgehead atoms. The van der Waals surface area contributed by atoms with Crippen molar-refractivity contribution in [2.75, 3.05) is 31.5 Å². The minimum Gasteiger partial charge on any atom is -0.338 e. The topological polar surface area (TPSA) is 98.3 Å². The van der Waals surface area contributed by atoms with E-state index in [2.05, 4.69) is 31.3 Å². The molecule has 1 N–H and O–H groups in total. The Morgan fingerprint density at radius 2 is 2.04 bits per heavy atom. The first-order chi connectivity index (χ1) is 13.5. The first-order valence-corrected chi connectivity index (χ1v) is 9.56. The molecule has 1 atom stereocenters. The van der Waals surface area contributed by atoms with E-state index in [4.69, 9.17) is 9.78 Å². The second-order valence-corrected chi connectivity index (χ2v) is 7.37. The van der Waals surface area contributed by atoms with Crippen LogP contribution in [0.25, 0.3) is 0 Å². The molecule has 0 saturated carbocycles.